The van der Waals surface area contributed by atoms with Gasteiger partial charge in [0.25, 0.3) is 0 Å². The van der Waals surface area contributed by atoms with Gasteiger partial charge in [-0.3, -0.25) is 0 Å². The van der Waals surface area contributed by atoms with Gasteiger partial charge in [0, 0.05) is 23.8 Å². The molecule has 1 atom stereocenters. The molecule has 19 heavy (non-hydrogen) atoms. The van der Waals surface area contributed by atoms with Gasteiger partial charge in [0.2, 0.25) is 0 Å². The van der Waals surface area contributed by atoms with Gasteiger partial charge in [0.1, 0.15) is 5.76 Å². The summed E-state index contributed by atoms with van der Waals surface area (Å²) in [5, 5.41) is 5.89. The van der Waals surface area contributed by atoms with Crippen molar-refractivity contribution in [3.05, 3.63) is 48.4 Å². The number of rotatable bonds is 5. The van der Waals surface area contributed by atoms with Crippen molar-refractivity contribution in [3.8, 4) is 0 Å². The van der Waals surface area contributed by atoms with Crippen molar-refractivity contribution in [2.24, 2.45) is 5.73 Å². The first-order valence-corrected chi connectivity index (χ1v) is 6.09. The lowest BCUT2D eigenvalue weighted by Gasteiger charge is -2.14. The van der Waals surface area contributed by atoms with Crippen molar-refractivity contribution < 1.29 is 9.21 Å². The Labute approximate surface area is 111 Å². The average Bonchev–Trinajstić information content (AvgIpc) is 2.81. The second-order valence-corrected chi connectivity index (χ2v) is 4.40. The van der Waals surface area contributed by atoms with E-state index in [0.717, 1.165) is 17.9 Å². The zero-order valence-electron chi connectivity index (χ0n) is 10.7. The molecule has 0 bridgehead atoms. The van der Waals surface area contributed by atoms with E-state index in [9.17, 15) is 4.79 Å². The zero-order chi connectivity index (χ0) is 13.7. The van der Waals surface area contributed by atoms with Crippen LogP contribution in [0.5, 0.6) is 0 Å². The highest BCUT2D eigenvalue weighted by molar-refractivity contribution is 5.88. The topological polar surface area (TPSA) is 80.3 Å². The minimum Gasteiger partial charge on any atom is -0.469 e. The molecule has 0 aliphatic heterocycles. The number of benzene rings is 1. The van der Waals surface area contributed by atoms with E-state index >= 15 is 0 Å². The van der Waals surface area contributed by atoms with E-state index in [2.05, 4.69) is 17.6 Å². The van der Waals surface area contributed by atoms with Crippen molar-refractivity contribution in [1.29, 1.82) is 0 Å². The van der Waals surface area contributed by atoms with Crippen LogP contribution in [0.2, 0.25) is 0 Å². The molecule has 1 unspecified atom stereocenters. The number of hydrogen-bond acceptors (Lipinski definition) is 3. The maximum atomic E-state index is 10.8. The molecule has 1 heterocycles. The fraction of sp³-hybridized carbons (Fsp3) is 0.214. The van der Waals surface area contributed by atoms with Crippen molar-refractivity contribution in [3.63, 3.8) is 0 Å². The van der Waals surface area contributed by atoms with Gasteiger partial charge in [-0.05, 0) is 37.3 Å². The summed E-state index contributed by atoms with van der Waals surface area (Å²) in [4.78, 5) is 10.8. The molecule has 4 N–H and O–H groups in total. The molecule has 1 aromatic heterocycles. The van der Waals surface area contributed by atoms with Gasteiger partial charge in [0.05, 0.1) is 6.26 Å². The van der Waals surface area contributed by atoms with E-state index in [0.29, 0.717) is 5.69 Å². The molecule has 0 saturated heterocycles. The first-order valence-electron chi connectivity index (χ1n) is 6.09. The standard InChI is InChI=1S/C14H17N3O2/c1-10(8-13-6-3-7-19-13)16-11-4-2-5-12(9-11)17-14(15)18/h2-7,9-10,16H,8H2,1H3,(H3,15,17,18). The number of carbonyl (C=O) groups is 1. The molecule has 0 spiro atoms. The minimum absolute atomic E-state index is 0.218. The molecule has 0 aliphatic carbocycles. The Morgan fingerprint density at radius 1 is 1.32 bits per heavy atom. The zero-order valence-corrected chi connectivity index (χ0v) is 10.7. The van der Waals surface area contributed by atoms with Gasteiger partial charge in [0.15, 0.2) is 0 Å². The maximum absolute atomic E-state index is 10.8. The molecule has 2 rings (SSSR count). The SMILES string of the molecule is CC(Cc1ccco1)Nc1cccc(NC(N)=O)c1. The molecule has 5 nitrogen and oxygen atoms in total. The lowest BCUT2D eigenvalue weighted by Crippen LogP contribution is -2.20. The van der Waals surface area contributed by atoms with Crippen LogP contribution in [0.4, 0.5) is 16.2 Å². The third kappa shape index (κ3) is 4.06. The monoisotopic (exact) mass is 259 g/mol. The first-order chi connectivity index (χ1) is 9.13. The molecule has 2 amide bonds. The van der Waals surface area contributed by atoms with Crippen LogP contribution >= 0.6 is 0 Å². The highest BCUT2D eigenvalue weighted by atomic mass is 16.3. The summed E-state index contributed by atoms with van der Waals surface area (Å²) in [5.41, 5.74) is 6.67. The van der Waals surface area contributed by atoms with Crippen LogP contribution in [-0.2, 0) is 6.42 Å². The quantitative estimate of drug-likeness (QED) is 0.772. The third-order valence-corrected chi connectivity index (χ3v) is 2.63. The van der Waals surface area contributed by atoms with Crippen LogP contribution in [0.15, 0.2) is 47.1 Å². The Balaban J connectivity index is 1.96. The number of carbonyl (C=O) groups excluding carboxylic acids is 1. The number of urea groups is 1. The molecule has 0 aliphatic rings. The summed E-state index contributed by atoms with van der Waals surface area (Å²) in [6.45, 7) is 2.07. The predicted molar refractivity (Wildman–Crippen MR) is 75.1 cm³/mol. The van der Waals surface area contributed by atoms with Crippen LogP contribution in [-0.4, -0.2) is 12.1 Å². The number of primary amides is 1. The summed E-state index contributed by atoms with van der Waals surface area (Å²) in [6, 6.07) is 10.9. The Morgan fingerprint density at radius 2 is 2.11 bits per heavy atom. The fourth-order valence-corrected chi connectivity index (χ4v) is 1.90. The Morgan fingerprint density at radius 3 is 2.79 bits per heavy atom. The maximum Gasteiger partial charge on any atom is 0.316 e. The van der Waals surface area contributed by atoms with Gasteiger partial charge in [-0.2, -0.15) is 0 Å². The lowest BCUT2D eigenvalue weighted by atomic mass is 10.2. The number of amides is 2. The van der Waals surface area contributed by atoms with Gasteiger partial charge in [-0.15, -0.1) is 0 Å². The highest BCUT2D eigenvalue weighted by Crippen LogP contribution is 2.17. The molecular weight excluding hydrogens is 242 g/mol. The Bertz CT molecular complexity index is 537. The fourth-order valence-electron chi connectivity index (χ4n) is 1.90. The van der Waals surface area contributed by atoms with Crippen LogP contribution in [0.1, 0.15) is 12.7 Å². The minimum atomic E-state index is -0.569. The first kappa shape index (κ1) is 13.0. The summed E-state index contributed by atoms with van der Waals surface area (Å²) in [7, 11) is 0. The molecule has 2 aromatic rings. The number of furan rings is 1. The van der Waals surface area contributed by atoms with Crippen LogP contribution in [0, 0.1) is 0 Å². The summed E-state index contributed by atoms with van der Waals surface area (Å²) >= 11 is 0. The second kappa shape index (κ2) is 5.95. The number of nitrogens with one attached hydrogen (secondary N) is 2. The van der Waals surface area contributed by atoms with E-state index in [4.69, 9.17) is 10.2 Å². The highest BCUT2D eigenvalue weighted by Gasteiger charge is 2.06. The number of nitrogens with two attached hydrogens (primary N) is 1. The van der Waals surface area contributed by atoms with E-state index in [1.807, 2.05) is 30.3 Å². The van der Waals surface area contributed by atoms with Crippen molar-refractivity contribution in [2.75, 3.05) is 10.6 Å². The predicted octanol–water partition coefficient (Wildman–Crippen LogP) is 2.81. The van der Waals surface area contributed by atoms with Gasteiger partial charge >= 0.3 is 6.03 Å². The average molecular weight is 259 g/mol. The normalized spacial score (nSPS) is 11.8. The lowest BCUT2D eigenvalue weighted by molar-refractivity contribution is 0.259. The van der Waals surface area contributed by atoms with Crippen molar-refractivity contribution in [2.45, 2.75) is 19.4 Å². The molecule has 0 radical (unpaired) electrons. The van der Waals surface area contributed by atoms with Crippen molar-refractivity contribution >= 4 is 17.4 Å². The molecule has 100 valence electrons. The van der Waals surface area contributed by atoms with E-state index in [-0.39, 0.29) is 6.04 Å². The summed E-state index contributed by atoms with van der Waals surface area (Å²) < 4.78 is 5.30. The van der Waals surface area contributed by atoms with E-state index in [1.165, 1.54) is 0 Å². The molecule has 0 fully saturated rings. The molecule has 5 heteroatoms. The molecule has 0 saturated carbocycles. The Hall–Kier alpha value is -2.43. The van der Waals surface area contributed by atoms with E-state index < -0.39 is 6.03 Å². The van der Waals surface area contributed by atoms with Gasteiger partial charge in [-0.25, -0.2) is 4.79 Å². The van der Waals surface area contributed by atoms with Crippen LogP contribution < -0.4 is 16.4 Å². The Kier molecular flexibility index (Phi) is 4.07. The third-order valence-electron chi connectivity index (χ3n) is 2.63. The largest absolute Gasteiger partial charge is 0.469 e. The summed E-state index contributed by atoms with van der Waals surface area (Å²) in [5.74, 6) is 0.936. The van der Waals surface area contributed by atoms with Crippen LogP contribution in [0.25, 0.3) is 0 Å². The van der Waals surface area contributed by atoms with Crippen LogP contribution in [0.3, 0.4) is 0 Å². The second-order valence-electron chi connectivity index (χ2n) is 4.40. The molecule has 1 aromatic carbocycles. The van der Waals surface area contributed by atoms with E-state index in [1.54, 1.807) is 12.3 Å². The number of anilines is 2. The van der Waals surface area contributed by atoms with Crippen molar-refractivity contribution in [1.82, 2.24) is 0 Å². The summed E-state index contributed by atoms with van der Waals surface area (Å²) in [6.07, 6.45) is 2.46. The smallest absolute Gasteiger partial charge is 0.316 e. The number of hydrogen-bond donors (Lipinski definition) is 3. The molecular formula is C14H17N3O2. The van der Waals surface area contributed by atoms with Gasteiger partial charge < -0.3 is 20.8 Å². The van der Waals surface area contributed by atoms with Gasteiger partial charge in [-0.1, -0.05) is 6.07 Å².